The summed E-state index contributed by atoms with van der Waals surface area (Å²) in [5.74, 6) is -4.17. The number of phenolic OH excluding ortho intramolecular Hbond substituents is 1. The van der Waals surface area contributed by atoms with Crippen molar-refractivity contribution in [3.63, 3.8) is 0 Å². The first-order chi connectivity index (χ1) is 15.0. The number of nitrogens with two attached hydrogens (primary N) is 1. The average molecular weight is 473 g/mol. The van der Waals surface area contributed by atoms with Gasteiger partial charge in [-0.2, -0.15) is 12.6 Å². The number of benzene rings is 1. The van der Waals surface area contributed by atoms with E-state index in [0.29, 0.717) is 5.56 Å². The Balaban J connectivity index is 2.72. The molecule has 13 heteroatoms. The molecule has 0 bridgehead atoms. The van der Waals surface area contributed by atoms with Gasteiger partial charge in [0, 0.05) is 5.75 Å². The van der Waals surface area contributed by atoms with E-state index in [-0.39, 0.29) is 17.9 Å². The Morgan fingerprint density at radius 3 is 2.00 bits per heavy atom. The van der Waals surface area contributed by atoms with E-state index in [4.69, 9.17) is 10.8 Å². The Hall–Kier alpha value is -2.87. The second-order valence-corrected chi connectivity index (χ2v) is 7.39. The molecule has 3 amide bonds. The number of rotatable bonds is 12. The molecular weight excluding hydrogens is 444 g/mol. The van der Waals surface area contributed by atoms with Crippen molar-refractivity contribution in [2.24, 2.45) is 5.73 Å². The van der Waals surface area contributed by atoms with Crippen LogP contribution in [-0.4, -0.2) is 86.7 Å². The fraction of sp³-hybridized carbons (Fsp3) is 0.474. The number of nitrogens with one attached hydrogen (secondary N) is 3. The van der Waals surface area contributed by atoms with Crippen LogP contribution < -0.4 is 21.7 Å². The number of phenols is 1. The van der Waals surface area contributed by atoms with Crippen molar-refractivity contribution < 1.29 is 39.6 Å². The minimum Gasteiger partial charge on any atom is -0.508 e. The molecule has 0 fully saturated rings. The Labute approximate surface area is 189 Å². The second kappa shape index (κ2) is 12.9. The van der Waals surface area contributed by atoms with Gasteiger partial charge in [0.25, 0.3) is 0 Å². The molecule has 178 valence electrons. The molecule has 0 radical (unpaired) electrons. The summed E-state index contributed by atoms with van der Waals surface area (Å²) in [6.07, 6.45) is -1.30. The molecule has 0 heterocycles. The van der Waals surface area contributed by atoms with Crippen LogP contribution in [0.25, 0.3) is 0 Å². The lowest BCUT2D eigenvalue weighted by Crippen LogP contribution is -2.59. The number of aromatic hydroxyl groups is 1. The van der Waals surface area contributed by atoms with E-state index in [0.717, 1.165) is 6.92 Å². The molecule has 0 saturated carbocycles. The van der Waals surface area contributed by atoms with Crippen LogP contribution in [0.3, 0.4) is 0 Å². The lowest BCUT2D eigenvalue weighted by molar-refractivity contribution is -0.145. The lowest BCUT2D eigenvalue weighted by atomic mass is 10.1. The highest BCUT2D eigenvalue weighted by molar-refractivity contribution is 7.80. The minimum absolute atomic E-state index is 0.0594. The molecule has 1 rings (SSSR count). The van der Waals surface area contributed by atoms with E-state index >= 15 is 0 Å². The lowest BCUT2D eigenvalue weighted by Gasteiger charge is -2.24. The van der Waals surface area contributed by atoms with Crippen LogP contribution in [0.2, 0.25) is 0 Å². The van der Waals surface area contributed by atoms with Crippen molar-refractivity contribution in [3.05, 3.63) is 29.8 Å². The predicted octanol–water partition coefficient (Wildman–Crippen LogP) is -2.90. The van der Waals surface area contributed by atoms with Crippen molar-refractivity contribution in [2.45, 2.75) is 43.6 Å². The monoisotopic (exact) mass is 472 g/mol. The number of carbonyl (C=O) groups is 4. The first kappa shape index (κ1) is 27.2. The van der Waals surface area contributed by atoms with Crippen molar-refractivity contribution in [1.29, 1.82) is 0 Å². The molecule has 5 unspecified atom stereocenters. The highest BCUT2D eigenvalue weighted by atomic mass is 32.1. The zero-order chi connectivity index (χ0) is 24.4. The fourth-order valence-electron chi connectivity index (χ4n) is 2.56. The van der Waals surface area contributed by atoms with E-state index in [9.17, 15) is 34.5 Å². The maximum atomic E-state index is 12.5. The summed E-state index contributed by atoms with van der Waals surface area (Å²) in [7, 11) is 0. The Morgan fingerprint density at radius 2 is 1.53 bits per heavy atom. The zero-order valence-corrected chi connectivity index (χ0v) is 18.2. The molecule has 0 aliphatic heterocycles. The summed E-state index contributed by atoms with van der Waals surface area (Å²) < 4.78 is 0. The van der Waals surface area contributed by atoms with E-state index in [1.54, 1.807) is 12.1 Å². The largest absolute Gasteiger partial charge is 0.508 e. The summed E-state index contributed by atoms with van der Waals surface area (Å²) in [5.41, 5.74) is 6.54. The molecule has 0 saturated heterocycles. The molecule has 1 aromatic carbocycles. The predicted molar refractivity (Wildman–Crippen MR) is 116 cm³/mol. The number of carboxylic acid groups (broad SMARTS) is 1. The van der Waals surface area contributed by atoms with Gasteiger partial charge >= 0.3 is 5.97 Å². The number of thiol groups is 1. The van der Waals surface area contributed by atoms with Crippen molar-refractivity contribution in [3.8, 4) is 5.75 Å². The van der Waals surface area contributed by atoms with Crippen LogP contribution in [0, 0.1) is 0 Å². The van der Waals surface area contributed by atoms with E-state index in [1.165, 1.54) is 12.1 Å². The average Bonchev–Trinajstić information content (AvgIpc) is 2.74. The van der Waals surface area contributed by atoms with Crippen LogP contribution >= 0.6 is 12.6 Å². The maximum absolute atomic E-state index is 12.5. The van der Waals surface area contributed by atoms with Gasteiger partial charge in [0.2, 0.25) is 17.7 Å². The second-order valence-electron chi connectivity index (χ2n) is 7.03. The molecular formula is C19H28N4O8S. The molecule has 0 aromatic heterocycles. The van der Waals surface area contributed by atoms with Crippen LogP contribution in [0.5, 0.6) is 5.75 Å². The molecule has 0 aliphatic carbocycles. The smallest absolute Gasteiger partial charge is 0.328 e. The van der Waals surface area contributed by atoms with Gasteiger partial charge in [0.1, 0.15) is 17.8 Å². The van der Waals surface area contributed by atoms with E-state index in [2.05, 4.69) is 23.3 Å². The number of aliphatic carboxylic acids is 1. The summed E-state index contributed by atoms with van der Waals surface area (Å²) in [4.78, 5) is 48.1. The summed E-state index contributed by atoms with van der Waals surface area (Å²) >= 11 is 4.00. The van der Waals surface area contributed by atoms with Gasteiger partial charge in [-0.3, -0.25) is 14.4 Å². The quantitative estimate of drug-likeness (QED) is 0.143. The highest BCUT2D eigenvalue weighted by Gasteiger charge is 2.31. The highest BCUT2D eigenvalue weighted by Crippen LogP contribution is 2.11. The number of carboxylic acids is 1. The van der Waals surface area contributed by atoms with Gasteiger partial charge in [-0.25, -0.2) is 4.79 Å². The number of hydrogen-bond acceptors (Lipinski definition) is 9. The minimum atomic E-state index is -1.65. The van der Waals surface area contributed by atoms with Crippen LogP contribution in [0.1, 0.15) is 12.5 Å². The Morgan fingerprint density at radius 1 is 1.00 bits per heavy atom. The third-order valence-electron chi connectivity index (χ3n) is 4.41. The molecule has 9 N–H and O–H groups in total. The number of aliphatic hydroxyl groups is 2. The Kier molecular flexibility index (Phi) is 10.9. The normalized spacial score (nSPS) is 15.5. The summed E-state index contributed by atoms with van der Waals surface area (Å²) in [6, 6.07) is 0.660. The first-order valence-corrected chi connectivity index (χ1v) is 10.2. The number of amides is 3. The molecule has 1 aromatic rings. The fourth-order valence-corrected chi connectivity index (χ4v) is 2.82. The van der Waals surface area contributed by atoms with Gasteiger partial charge in [-0.05, 0) is 31.0 Å². The van der Waals surface area contributed by atoms with Gasteiger partial charge in [0.05, 0.1) is 18.8 Å². The van der Waals surface area contributed by atoms with Crippen LogP contribution in [0.4, 0.5) is 0 Å². The van der Waals surface area contributed by atoms with Gasteiger partial charge in [0.15, 0.2) is 6.04 Å². The van der Waals surface area contributed by atoms with Crippen molar-refractivity contribution in [1.82, 2.24) is 16.0 Å². The van der Waals surface area contributed by atoms with Crippen LogP contribution in [-0.2, 0) is 25.6 Å². The van der Waals surface area contributed by atoms with Gasteiger partial charge in [-0.1, -0.05) is 12.1 Å². The molecule has 12 nitrogen and oxygen atoms in total. The van der Waals surface area contributed by atoms with E-state index < -0.39 is 60.6 Å². The number of aliphatic hydroxyl groups excluding tert-OH is 2. The zero-order valence-electron chi connectivity index (χ0n) is 17.3. The number of carbonyl (C=O) groups excluding carboxylic acids is 3. The van der Waals surface area contributed by atoms with Crippen molar-refractivity contribution in [2.75, 3.05) is 12.4 Å². The maximum Gasteiger partial charge on any atom is 0.328 e. The molecule has 5 atom stereocenters. The van der Waals surface area contributed by atoms with Crippen LogP contribution in [0.15, 0.2) is 24.3 Å². The van der Waals surface area contributed by atoms with Gasteiger partial charge in [-0.15, -0.1) is 0 Å². The summed E-state index contributed by atoms with van der Waals surface area (Å²) in [6.45, 7) is 0.288. The Bertz CT molecular complexity index is 805. The standard InChI is InChI=1S/C19H28N4O8S/c1-9(25)15(19(30)31)23-17(28)13(7-24)21-18(29)14(8-32)22-16(27)12(20)6-10-2-4-11(26)5-3-10/h2-5,9,12-15,24-26,32H,6-8,20H2,1H3,(H,21,29)(H,22,27)(H,23,28)(H,30,31). The van der Waals surface area contributed by atoms with Gasteiger partial charge < -0.3 is 42.1 Å². The number of hydrogen-bond donors (Lipinski definition) is 9. The molecule has 0 spiro atoms. The SMILES string of the molecule is CC(O)C(NC(=O)C(CO)NC(=O)C(CS)NC(=O)C(N)Cc1ccc(O)cc1)C(=O)O. The van der Waals surface area contributed by atoms with Crippen molar-refractivity contribution >= 4 is 36.3 Å². The molecule has 32 heavy (non-hydrogen) atoms. The summed E-state index contributed by atoms with van der Waals surface area (Å²) in [5, 5.41) is 43.8. The third kappa shape index (κ3) is 8.34. The third-order valence-corrected chi connectivity index (χ3v) is 4.77. The van der Waals surface area contributed by atoms with E-state index in [1.807, 2.05) is 5.32 Å². The topological polar surface area (TPSA) is 211 Å². The molecule has 0 aliphatic rings. The first-order valence-electron chi connectivity index (χ1n) is 9.57.